The van der Waals surface area contributed by atoms with Crippen molar-refractivity contribution in [2.75, 3.05) is 17.7 Å². The third kappa shape index (κ3) is 6.12. The summed E-state index contributed by atoms with van der Waals surface area (Å²) in [6, 6.07) is 13.5. The Morgan fingerprint density at radius 2 is 1.63 bits per heavy atom. The minimum absolute atomic E-state index is 0.0838. The molecule has 2 aromatic carbocycles. The van der Waals surface area contributed by atoms with Crippen molar-refractivity contribution in [2.24, 2.45) is 0 Å². The zero-order chi connectivity index (χ0) is 27.4. The maximum atomic E-state index is 14.8. The van der Waals surface area contributed by atoms with E-state index in [1.165, 1.54) is 66.5 Å². The summed E-state index contributed by atoms with van der Waals surface area (Å²) in [5.41, 5.74) is 0.978. The van der Waals surface area contributed by atoms with Crippen LogP contribution in [0.5, 0.6) is 11.5 Å². The van der Waals surface area contributed by atoms with Crippen LogP contribution in [0.15, 0.2) is 66.9 Å². The lowest BCUT2D eigenvalue weighted by Gasteiger charge is -2.14. The SMILES string of the molecule is CNC(=O)c1cc(Oc2ccc(NC(=O)Nc3cc(C(C)(C)C)nn3-c3ccc(F)cc3)c(F)c2)ccn1. The van der Waals surface area contributed by atoms with Crippen LogP contribution in [0.2, 0.25) is 0 Å². The first kappa shape index (κ1) is 26.3. The predicted octanol–water partition coefficient (Wildman–Crippen LogP) is 5.64. The molecule has 0 bridgehead atoms. The van der Waals surface area contributed by atoms with Crippen LogP contribution in [-0.4, -0.2) is 33.8 Å². The van der Waals surface area contributed by atoms with Crippen molar-refractivity contribution in [3.63, 3.8) is 0 Å². The molecule has 0 aliphatic carbocycles. The van der Waals surface area contributed by atoms with E-state index in [-0.39, 0.29) is 28.5 Å². The molecule has 0 unspecified atom stereocenters. The van der Waals surface area contributed by atoms with E-state index in [0.717, 1.165) is 6.07 Å². The van der Waals surface area contributed by atoms with Crippen molar-refractivity contribution in [3.8, 4) is 17.2 Å². The number of nitrogens with one attached hydrogen (secondary N) is 3. The number of nitrogens with zero attached hydrogens (tertiary/aromatic N) is 3. The highest BCUT2D eigenvalue weighted by Gasteiger charge is 2.22. The first-order valence-corrected chi connectivity index (χ1v) is 11.6. The Labute approximate surface area is 217 Å². The summed E-state index contributed by atoms with van der Waals surface area (Å²) in [7, 11) is 1.48. The summed E-state index contributed by atoms with van der Waals surface area (Å²) in [6.45, 7) is 5.91. The fraction of sp³-hybridized carbons (Fsp3) is 0.185. The fourth-order valence-corrected chi connectivity index (χ4v) is 3.41. The highest BCUT2D eigenvalue weighted by atomic mass is 19.1. The van der Waals surface area contributed by atoms with E-state index in [0.29, 0.717) is 22.9 Å². The fourth-order valence-electron chi connectivity index (χ4n) is 3.41. The molecular formula is C27H26F2N6O3. The first-order valence-electron chi connectivity index (χ1n) is 11.6. The van der Waals surface area contributed by atoms with Gasteiger partial charge in [-0.15, -0.1) is 0 Å². The molecular weight excluding hydrogens is 494 g/mol. The van der Waals surface area contributed by atoms with Crippen molar-refractivity contribution >= 4 is 23.4 Å². The van der Waals surface area contributed by atoms with Gasteiger partial charge in [-0.25, -0.2) is 18.3 Å². The zero-order valence-electron chi connectivity index (χ0n) is 21.2. The Balaban J connectivity index is 1.50. The Hall–Kier alpha value is -4.80. The zero-order valence-corrected chi connectivity index (χ0v) is 21.2. The van der Waals surface area contributed by atoms with E-state index in [1.54, 1.807) is 6.07 Å². The van der Waals surface area contributed by atoms with Crippen LogP contribution in [0, 0.1) is 11.6 Å². The number of halogens is 2. The van der Waals surface area contributed by atoms with Gasteiger partial charge in [-0.1, -0.05) is 20.8 Å². The number of amides is 3. The normalized spacial score (nSPS) is 11.1. The highest BCUT2D eigenvalue weighted by molar-refractivity contribution is 5.99. The molecule has 0 saturated carbocycles. The monoisotopic (exact) mass is 520 g/mol. The molecule has 0 aliphatic heterocycles. The smallest absolute Gasteiger partial charge is 0.324 e. The number of pyridine rings is 1. The van der Waals surface area contributed by atoms with Gasteiger partial charge in [0.05, 0.1) is 17.1 Å². The summed E-state index contributed by atoms with van der Waals surface area (Å²) in [5, 5.41) is 12.2. The van der Waals surface area contributed by atoms with Crippen LogP contribution >= 0.6 is 0 Å². The van der Waals surface area contributed by atoms with Crippen molar-refractivity contribution in [3.05, 3.63) is 89.9 Å². The Bertz CT molecular complexity index is 1480. The van der Waals surface area contributed by atoms with Gasteiger partial charge in [0.25, 0.3) is 5.91 Å². The van der Waals surface area contributed by atoms with E-state index in [9.17, 15) is 18.4 Å². The lowest BCUT2D eigenvalue weighted by atomic mass is 9.92. The highest BCUT2D eigenvalue weighted by Crippen LogP contribution is 2.28. The number of hydrogen-bond donors (Lipinski definition) is 3. The van der Waals surface area contributed by atoms with Crippen molar-refractivity contribution in [1.82, 2.24) is 20.1 Å². The van der Waals surface area contributed by atoms with E-state index < -0.39 is 17.7 Å². The Morgan fingerprint density at radius 1 is 0.921 bits per heavy atom. The topological polar surface area (TPSA) is 110 Å². The Morgan fingerprint density at radius 3 is 2.29 bits per heavy atom. The van der Waals surface area contributed by atoms with E-state index in [2.05, 4.69) is 26.0 Å². The number of rotatable bonds is 6. The van der Waals surface area contributed by atoms with E-state index >= 15 is 0 Å². The number of benzene rings is 2. The quantitative estimate of drug-likeness (QED) is 0.305. The molecule has 3 N–H and O–H groups in total. The number of hydrogen-bond acceptors (Lipinski definition) is 5. The molecule has 4 rings (SSSR count). The maximum Gasteiger partial charge on any atom is 0.324 e. The first-order chi connectivity index (χ1) is 18.0. The molecule has 2 heterocycles. The summed E-state index contributed by atoms with van der Waals surface area (Å²) in [6.07, 6.45) is 1.40. The van der Waals surface area contributed by atoms with Gasteiger partial charge in [0.1, 0.15) is 34.6 Å². The van der Waals surface area contributed by atoms with Crippen LogP contribution in [0.4, 0.5) is 25.1 Å². The third-order valence-electron chi connectivity index (χ3n) is 5.41. The lowest BCUT2D eigenvalue weighted by molar-refractivity contribution is 0.0957. The third-order valence-corrected chi connectivity index (χ3v) is 5.41. The molecule has 38 heavy (non-hydrogen) atoms. The van der Waals surface area contributed by atoms with Crippen molar-refractivity contribution < 1.29 is 23.1 Å². The van der Waals surface area contributed by atoms with Gasteiger partial charge in [-0.2, -0.15) is 5.10 Å². The van der Waals surface area contributed by atoms with Crippen LogP contribution in [0.25, 0.3) is 5.69 Å². The minimum atomic E-state index is -0.736. The molecule has 196 valence electrons. The van der Waals surface area contributed by atoms with E-state index in [1.807, 2.05) is 20.8 Å². The van der Waals surface area contributed by atoms with Crippen LogP contribution in [0.1, 0.15) is 37.0 Å². The number of urea groups is 1. The number of ether oxygens (including phenoxy) is 1. The van der Waals surface area contributed by atoms with Gasteiger partial charge in [-0.05, 0) is 42.5 Å². The molecule has 4 aromatic rings. The van der Waals surface area contributed by atoms with Gasteiger partial charge in [0, 0.05) is 36.9 Å². The maximum absolute atomic E-state index is 14.8. The van der Waals surface area contributed by atoms with E-state index in [4.69, 9.17) is 4.74 Å². The Kier molecular flexibility index (Phi) is 7.38. The molecule has 11 heteroatoms. The molecule has 0 spiro atoms. The molecule has 2 aromatic heterocycles. The number of aromatic nitrogens is 3. The molecule has 0 radical (unpaired) electrons. The standard InChI is InChI=1S/C27H26F2N6O3/c1-27(2,3)23-15-24(35(34-23)17-7-5-16(28)6-8-17)33-26(37)32-21-10-9-18(13-20(21)29)38-19-11-12-31-22(14-19)25(36)30-4/h5-15H,1-4H3,(H,30,36)(H2,32,33,37). The van der Waals surface area contributed by atoms with Crippen molar-refractivity contribution in [1.29, 1.82) is 0 Å². The number of carbonyl (C=O) groups excluding carboxylic acids is 2. The summed E-state index contributed by atoms with van der Waals surface area (Å²) in [5.74, 6) is -0.748. The molecule has 0 atom stereocenters. The molecule has 0 aliphatic rings. The second-order valence-electron chi connectivity index (χ2n) is 9.33. The van der Waals surface area contributed by atoms with Gasteiger partial charge in [0.15, 0.2) is 0 Å². The summed E-state index contributed by atoms with van der Waals surface area (Å²) >= 11 is 0. The summed E-state index contributed by atoms with van der Waals surface area (Å²) < 4.78 is 35.3. The number of anilines is 2. The van der Waals surface area contributed by atoms with Gasteiger partial charge in [0.2, 0.25) is 0 Å². The van der Waals surface area contributed by atoms with Crippen LogP contribution in [-0.2, 0) is 5.41 Å². The molecule has 0 saturated heterocycles. The van der Waals surface area contributed by atoms with Gasteiger partial charge >= 0.3 is 6.03 Å². The van der Waals surface area contributed by atoms with Gasteiger partial charge in [-0.3, -0.25) is 15.1 Å². The van der Waals surface area contributed by atoms with Crippen LogP contribution < -0.4 is 20.7 Å². The largest absolute Gasteiger partial charge is 0.457 e. The lowest BCUT2D eigenvalue weighted by Crippen LogP contribution is -2.22. The minimum Gasteiger partial charge on any atom is -0.457 e. The molecule has 9 nitrogen and oxygen atoms in total. The van der Waals surface area contributed by atoms with Crippen LogP contribution in [0.3, 0.4) is 0 Å². The molecule has 3 amide bonds. The van der Waals surface area contributed by atoms with Crippen molar-refractivity contribution in [2.45, 2.75) is 26.2 Å². The molecule has 0 fully saturated rings. The van der Waals surface area contributed by atoms with Gasteiger partial charge < -0.3 is 15.4 Å². The average molecular weight is 521 g/mol. The average Bonchev–Trinajstić information content (AvgIpc) is 3.30. The summed E-state index contributed by atoms with van der Waals surface area (Å²) in [4.78, 5) is 28.5. The second-order valence-corrected chi connectivity index (χ2v) is 9.33. The number of carbonyl (C=O) groups is 2. The second kappa shape index (κ2) is 10.7. The predicted molar refractivity (Wildman–Crippen MR) is 139 cm³/mol.